The van der Waals surface area contributed by atoms with E-state index < -0.39 is 0 Å². The highest BCUT2D eigenvalue weighted by molar-refractivity contribution is 6.30. The van der Waals surface area contributed by atoms with E-state index in [1.165, 1.54) is 10.8 Å². The van der Waals surface area contributed by atoms with Gasteiger partial charge in [0.05, 0.1) is 0 Å². The van der Waals surface area contributed by atoms with E-state index in [4.69, 9.17) is 21.1 Å². The maximum atomic E-state index is 6.24. The van der Waals surface area contributed by atoms with Gasteiger partial charge in [-0.25, -0.2) is 0 Å². The lowest BCUT2D eigenvalue weighted by atomic mass is 10.0. The summed E-state index contributed by atoms with van der Waals surface area (Å²) in [7, 11) is 0. The van der Waals surface area contributed by atoms with E-state index >= 15 is 0 Å². The minimum absolute atomic E-state index is 0.480. The Morgan fingerprint density at radius 2 is 1.35 bits per heavy atom. The van der Waals surface area contributed by atoms with Crippen LogP contribution in [0.1, 0.15) is 11.1 Å². The van der Waals surface area contributed by atoms with Gasteiger partial charge in [-0.05, 0) is 70.9 Å². The number of para-hydroxylation sites is 1. The molecule has 0 atom stereocenters. The number of halogens is 1. The third-order valence-electron chi connectivity index (χ3n) is 5.61. The average Bonchev–Trinajstić information content (AvgIpc) is 2.89. The maximum absolute atomic E-state index is 6.24. The molecule has 34 heavy (non-hydrogen) atoms. The van der Waals surface area contributed by atoms with Gasteiger partial charge in [-0.2, -0.15) is 0 Å². The Hall–Kier alpha value is -3.95. The van der Waals surface area contributed by atoms with E-state index in [1.807, 2.05) is 84.9 Å². The average molecular weight is 466 g/mol. The van der Waals surface area contributed by atoms with Crippen molar-refractivity contribution >= 4 is 28.1 Å². The van der Waals surface area contributed by atoms with E-state index in [0.29, 0.717) is 13.2 Å². The first kappa shape index (κ1) is 21.9. The number of ether oxygens (including phenoxy) is 2. The normalized spacial score (nSPS) is 10.7. The van der Waals surface area contributed by atoms with Crippen molar-refractivity contribution in [1.82, 2.24) is 0 Å². The number of hydrogen-bond donors (Lipinski definition) is 1. The molecule has 0 aliphatic carbocycles. The Morgan fingerprint density at radius 1 is 0.647 bits per heavy atom. The van der Waals surface area contributed by atoms with E-state index in [2.05, 4.69) is 35.6 Å². The molecule has 0 fully saturated rings. The number of nitrogens with one attached hydrogen (secondary N) is 1. The lowest BCUT2D eigenvalue weighted by Gasteiger charge is -2.16. The molecule has 0 spiro atoms. The fourth-order valence-corrected chi connectivity index (χ4v) is 3.96. The van der Waals surface area contributed by atoms with E-state index in [9.17, 15) is 0 Å². The number of fused-ring (bicyclic) bond motifs is 1. The molecule has 5 aromatic carbocycles. The van der Waals surface area contributed by atoms with Crippen LogP contribution in [0.3, 0.4) is 0 Å². The lowest BCUT2D eigenvalue weighted by molar-refractivity contribution is 0.304. The minimum Gasteiger partial charge on any atom is -0.489 e. The summed E-state index contributed by atoms with van der Waals surface area (Å²) >= 11 is 6.01. The van der Waals surface area contributed by atoms with Crippen LogP contribution in [0.5, 0.6) is 17.2 Å². The molecule has 0 aliphatic rings. The largest absolute Gasteiger partial charge is 0.489 e. The molecule has 0 aromatic heterocycles. The summed E-state index contributed by atoms with van der Waals surface area (Å²) in [5.74, 6) is 2.49. The van der Waals surface area contributed by atoms with Gasteiger partial charge in [-0.3, -0.25) is 0 Å². The van der Waals surface area contributed by atoms with Gasteiger partial charge in [0, 0.05) is 22.8 Å². The van der Waals surface area contributed by atoms with Crippen LogP contribution < -0.4 is 14.8 Å². The van der Waals surface area contributed by atoms with Crippen molar-refractivity contribution in [3.05, 3.63) is 131 Å². The molecule has 168 valence electrons. The standard InChI is InChI=1S/C30H24ClNO2/c31-24-13-10-22(11-14-24)21-33-30-19-12-23-6-4-5-9-28(23)29(30)20-32-25-15-17-27(18-16-25)34-26-7-2-1-3-8-26/h1-19,32H,20-21H2. The molecule has 3 nitrogen and oxygen atoms in total. The lowest BCUT2D eigenvalue weighted by Crippen LogP contribution is -2.04. The molecular formula is C30H24ClNO2. The molecular weight excluding hydrogens is 442 g/mol. The van der Waals surface area contributed by atoms with Crippen molar-refractivity contribution in [2.45, 2.75) is 13.2 Å². The summed E-state index contributed by atoms with van der Waals surface area (Å²) < 4.78 is 12.1. The summed E-state index contributed by atoms with van der Waals surface area (Å²) in [6.45, 7) is 1.12. The monoisotopic (exact) mass is 465 g/mol. The van der Waals surface area contributed by atoms with Crippen molar-refractivity contribution < 1.29 is 9.47 Å². The summed E-state index contributed by atoms with van der Waals surface area (Å²) in [6, 6.07) is 38.0. The second kappa shape index (κ2) is 10.3. The second-order valence-electron chi connectivity index (χ2n) is 7.97. The molecule has 0 heterocycles. The smallest absolute Gasteiger partial charge is 0.127 e. The zero-order chi connectivity index (χ0) is 23.2. The highest BCUT2D eigenvalue weighted by Crippen LogP contribution is 2.30. The van der Waals surface area contributed by atoms with Crippen LogP contribution in [-0.4, -0.2) is 0 Å². The first-order valence-electron chi connectivity index (χ1n) is 11.2. The first-order valence-corrected chi connectivity index (χ1v) is 11.6. The van der Waals surface area contributed by atoms with Crippen LogP contribution in [0.2, 0.25) is 5.02 Å². The highest BCUT2D eigenvalue weighted by atomic mass is 35.5. The summed E-state index contributed by atoms with van der Waals surface area (Å²) in [6.07, 6.45) is 0. The van der Waals surface area contributed by atoms with Gasteiger partial charge in [0.2, 0.25) is 0 Å². The zero-order valence-electron chi connectivity index (χ0n) is 18.6. The SMILES string of the molecule is Clc1ccc(COc2ccc3ccccc3c2CNc2ccc(Oc3ccccc3)cc2)cc1. The van der Waals surface area contributed by atoms with Crippen LogP contribution in [0, 0.1) is 0 Å². The Kier molecular flexibility index (Phi) is 6.64. The third kappa shape index (κ3) is 5.33. The number of anilines is 1. The van der Waals surface area contributed by atoms with Gasteiger partial charge >= 0.3 is 0 Å². The molecule has 0 saturated carbocycles. The molecule has 0 aliphatic heterocycles. The maximum Gasteiger partial charge on any atom is 0.127 e. The predicted octanol–water partition coefficient (Wildman–Crippen LogP) is 8.48. The predicted molar refractivity (Wildman–Crippen MR) is 140 cm³/mol. The Labute approximate surface area is 204 Å². The fourth-order valence-electron chi connectivity index (χ4n) is 3.83. The van der Waals surface area contributed by atoms with Crippen molar-refractivity contribution in [2.75, 3.05) is 5.32 Å². The highest BCUT2D eigenvalue weighted by Gasteiger charge is 2.10. The first-order chi connectivity index (χ1) is 16.7. The Balaban J connectivity index is 1.32. The van der Waals surface area contributed by atoms with E-state index in [-0.39, 0.29) is 0 Å². The molecule has 0 saturated heterocycles. The van der Waals surface area contributed by atoms with Crippen LogP contribution in [-0.2, 0) is 13.2 Å². The number of rotatable bonds is 8. The van der Waals surface area contributed by atoms with E-state index in [1.54, 1.807) is 0 Å². The van der Waals surface area contributed by atoms with Crippen molar-refractivity contribution in [2.24, 2.45) is 0 Å². The fraction of sp³-hybridized carbons (Fsp3) is 0.0667. The van der Waals surface area contributed by atoms with Gasteiger partial charge in [0.25, 0.3) is 0 Å². The molecule has 4 heteroatoms. The molecule has 5 rings (SSSR count). The summed E-state index contributed by atoms with van der Waals surface area (Å²) in [4.78, 5) is 0. The van der Waals surface area contributed by atoms with Crippen molar-refractivity contribution in [3.8, 4) is 17.2 Å². The van der Waals surface area contributed by atoms with Gasteiger partial charge in [0.1, 0.15) is 23.9 Å². The molecule has 5 aromatic rings. The van der Waals surface area contributed by atoms with Gasteiger partial charge in [0.15, 0.2) is 0 Å². The van der Waals surface area contributed by atoms with Crippen LogP contribution >= 0.6 is 11.6 Å². The quantitative estimate of drug-likeness (QED) is 0.249. The Bertz CT molecular complexity index is 1370. The van der Waals surface area contributed by atoms with Gasteiger partial charge in [-0.15, -0.1) is 0 Å². The number of benzene rings is 5. The molecule has 0 amide bonds. The Morgan fingerprint density at radius 3 is 2.15 bits per heavy atom. The molecule has 1 N–H and O–H groups in total. The molecule has 0 radical (unpaired) electrons. The van der Waals surface area contributed by atoms with Crippen LogP contribution in [0.15, 0.2) is 115 Å². The molecule has 0 bridgehead atoms. The molecule has 0 unspecified atom stereocenters. The van der Waals surface area contributed by atoms with E-state index in [0.717, 1.165) is 39.1 Å². The van der Waals surface area contributed by atoms with Crippen LogP contribution in [0.25, 0.3) is 10.8 Å². The zero-order valence-corrected chi connectivity index (χ0v) is 19.3. The summed E-state index contributed by atoms with van der Waals surface area (Å²) in [5.41, 5.74) is 3.21. The topological polar surface area (TPSA) is 30.5 Å². The third-order valence-corrected chi connectivity index (χ3v) is 5.86. The summed E-state index contributed by atoms with van der Waals surface area (Å²) in [5, 5.41) is 6.62. The van der Waals surface area contributed by atoms with Gasteiger partial charge in [-0.1, -0.05) is 72.3 Å². The van der Waals surface area contributed by atoms with Gasteiger partial charge < -0.3 is 14.8 Å². The second-order valence-corrected chi connectivity index (χ2v) is 8.41. The minimum atomic E-state index is 0.480. The van der Waals surface area contributed by atoms with Crippen molar-refractivity contribution in [3.63, 3.8) is 0 Å². The van der Waals surface area contributed by atoms with Crippen LogP contribution in [0.4, 0.5) is 5.69 Å². The van der Waals surface area contributed by atoms with Crippen molar-refractivity contribution in [1.29, 1.82) is 0 Å². The number of hydrogen-bond acceptors (Lipinski definition) is 3.